The molecule has 106 valence electrons. The van der Waals surface area contributed by atoms with E-state index in [0.29, 0.717) is 6.10 Å². The van der Waals surface area contributed by atoms with Crippen molar-refractivity contribution in [2.45, 2.75) is 65.4 Å². The molecule has 0 amide bonds. The van der Waals surface area contributed by atoms with Crippen LogP contribution >= 0.6 is 0 Å². The van der Waals surface area contributed by atoms with Gasteiger partial charge in [0, 0.05) is 0 Å². The Bertz CT molecular complexity index is 381. The fourth-order valence-electron chi connectivity index (χ4n) is 2.28. The van der Waals surface area contributed by atoms with Crippen LogP contribution in [0, 0.1) is 6.92 Å². The highest BCUT2D eigenvalue weighted by Crippen LogP contribution is 2.20. The fraction of sp³-hybridized carbons (Fsp3) is 0.556. The lowest BCUT2D eigenvalue weighted by Gasteiger charge is -2.15. The van der Waals surface area contributed by atoms with Crippen LogP contribution in [0.4, 0.5) is 0 Å². The van der Waals surface area contributed by atoms with E-state index >= 15 is 0 Å². The van der Waals surface area contributed by atoms with Crippen LogP contribution in [0.25, 0.3) is 6.08 Å². The van der Waals surface area contributed by atoms with Gasteiger partial charge >= 0.3 is 0 Å². The van der Waals surface area contributed by atoms with Gasteiger partial charge in [-0.3, -0.25) is 0 Å². The highest BCUT2D eigenvalue weighted by Gasteiger charge is 2.05. The van der Waals surface area contributed by atoms with E-state index in [1.807, 2.05) is 12.1 Å². The smallest absolute Gasteiger partial charge is 0.120 e. The van der Waals surface area contributed by atoms with Crippen LogP contribution in [0.15, 0.2) is 24.8 Å². The summed E-state index contributed by atoms with van der Waals surface area (Å²) in [4.78, 5) is 0. The molecule has 0 aliphatic heterocycles. The van der Waals surface area contributed by atoms with Gasteiger partial charge in [0.1, 0.15) is 5.75 Å². The minimum Gasteiger partial charge on any atom is -0.491 e. The zero-order valence-corrected chi connectivity index (χ0v) is 12.7. The lowest BCUT2D eigenvalue weighted by Crippen LogP contribution is -2.11. The van der Waals surface area contributed by atoms with Gasteiger partial charge in [0.2, 0.25) is 0 Å². The Hall–Kier alpha value is -1.24. The molecular weight excluding hydrogens is 232 g/mol. The number of benzene rings is 1. The van der Waals surface area contributed by atoms with Gasteiger partial charge in [0.25, 0.3) is 0 Å². The average molecular weight is 260 g/mol. The predicted molar refractivity (Wildman–Crippen MR) is 84.7 cm³/mol. The van der Waals surface area contributed by atoms with Crippen molar-refractivity contribution in [3.63, 3.8) is 0 Å². The molecule has 0 heterocycles. The Morgan fingerprint density at radius 1 is 1.21 bits per heavy atom. The number of rotatable bonds is 9. The van der Waals surface area contributed by atoms with E-state index < -0.39 is 0 Å². The van der Waals surface area contributed by atoms with Crippen molar-refractivity contribution in [3.05, 3.63) is 35.9 Å². The minimum absolute atomic E-state index is 0.301. The molecule has 0 radical (unpaired) electrons. The van der Waals surface area contributed by atoms with Gasteiger partial charge in [-0.15, -0.1) is 0 Å². The molecule has 1 rings (SSSR count). The van der Waals surface area contributed by atoms with Crippen LogP contribution < -0.4 is 4.74 Å². The summed E-state index contributed by atoms with van der Waals surface area (Å²) < 4.78 is 5.97. The number of hydrogen-bond acceptors (Lipinski definition) is 1. The molecule has 0 fully saturated rings. The maximum Gasteiger partial charge on any atom is 0.120 e. The van der Waals surface area contributed by atoms with Gasteiger partial charge in [0.05, 0.1) is 6.10 Å². The molecule has 0 aliphatic rings. The van der Waals surface area contributed by atoms with Crippen LogP contribution in [0.1, 0.15) is 63.5 Å². The number of hydrogen-bond donors (Lipinski definition) is 0. The van der Waals surface area contributed by atoms with E-state index in [4.69, 9.17) is 4.74 Å². The molecule has 0 aromatic heterocycles. The first-order chi connectivity index (χ1) is 9.17. The van der Waals surface area contributed by atoms with Gasteiger partial charge in [-0.25, -0.2) is 0 Å². The molecule has 1 aromatic rings. The molecule has 1 atom stereocenters. The summed E-state index contributed by atoms with van der Waals surface area (Å²) in [6.07, 6.45) is 9.95. The van der Waals surface area contributed by atoms with Gasteiger partial charge in [-0.1, -0.05) is 51.3 Å². The van der Waals surface area contributed by atoms with Gasteiger partial charge < -0.3 is 4.74 Å². The summed E-state index contributed by atoms with van der Waals surface area (Å²) in [7, 11) is 0. The molecule has 0 spiro atoms. The largest absolute Gasteiger partial charge is 0.491 e. The third-order valence-electron chi connectivity index (χ3n) is 3.51. The number of unbranched alkanes of at least 4 members (excludes halogenated alkanes) is 4. The quantitative estimate of drug-likeness (QED) is 0.512. The molecular formula is C18H28O. The standard InChI is InChI=1S/C18H28O/c1-5-7-8-9-10-11-16(4)19-18-13-12-17(6-2)15(3)14-18/h6,12-14,16H,2,5,7-11H2,1,3-4H3. The second kappa shape index (κ2) is 8.79. The van der Waals surface area contributed by atoms with Crippen LogP contribution in [0.3, 0.4) is 0 Å². The monoisotopic (exact) mass is 260 g/mol. The molecule has 1 nitrogen and oxygen atoms in total. The maximum atomic E-state index is 5.97. The van der Waals surface area contributed by atoms with E-state index in [1.165, 1.54) is 43.2 Å². The lowest BCUT2D eigenvalue weighted by molar-refractivity contribution is 0.206. The van der Waals surface area contributed by atoms with Crippen molar-refractivity contribution in [1.82, 2.24) is 0 Å². The first kappa shape index (κ1) is 15.8. The first-order valence-corrected chi connectivity index (χ1v) is 7.57. The van der Waals surface area contributed by atoms with Crippen molar-refractivity contribution < 1.29 is 4.74 Å². The maximum absolute atomic E-state index is 5.97. The fourth-order valence-corrected chi connectivity index (χ4v) is 2.28. The van der Waals surface area contributed by atoms with Crippen LogP contribution in [-0.4, -0.2) is 6.10 Å². The summed E-state index contributed by atoms with van der Waals surface area (Å²) >= 11 is 0. The highest BCUT2D eigenvalue weighted by molar-refractivity contribution is 5.53. The molecule has 0 bridgehead atoms. The van der Waals surface area contributed by atoms with Crippen molar-refractivity contribution in [3.8, 4) is 5.75 Å². The Kier molecular flexibility index (Phi) is 7.32. The van der Waals surface area contributed by atoms with E-state index in [-0.39, 0.29) is 0 Å². The Balaban J connectivity index is 2.33. The number of ether oxygens (including phenoxy) is 1. The number of aryl methyl sites for hydroxylation is 1. The zero-order chi connectivity index (χ0) is 14.1. The normalized spacial score (nSPS) is 12.2. The van der Waals surface area contributed by atoms with E-state index in [1.54, 1.807) is 0 Å². The van der Waals surface area contributed by atoms with E-state index in [2.05, 4.69) is 39.5 Å². The lowest BCUT2D eigenvalue weighted by atomic mass is 10.1. The summed E-state index contributed by atoms with van der Waals surface area (Å²) in [6, 6.07) is 6.22. The van der Waals surface area contributed by atoms with Crippen molar-refractivity contribution in [2.75, 3.05) is 0 Å². The van der Waals surface area contributed by atoms with E-state index in [0.717, 1.165) is 12.2 Å². The van der Waals surface area contributed by atoms with Gasteiger partial charge in [-0.2, -0.15) is 0 Å². The molecule has 0 saturated carbocycles. The van der Waals surface area contributed by atoms with Crippen molar-refractivity contribution in [2.24, 2.45) is 0 Å². The summed E-state index contributed by atoms with van der Waals surface area (Å²) in [6.45, 7) is 10.3. The van der Waals surface area contributed by atoms with Crippen molar-refractivity contribution >= 4 is 6.08 Å². The summed E-state index contributed by atoms with van der Waals surface area (Å²) in [5, 5.41) is 0. The van der Waals surface area contributed by atoms with Crippen LogP contribution in [-0.2, 0) is 0 Å². The summed E-state index contributed by atoms with van der Waals surface area (Å²) in [5.74, 6) is 0.976. The Labute approximate surface area is 118 Å². The third kappa shape index (κ3) is 5.96. The third-order valence-corrected chi connectivity index (χ3v) is 3.51. The molecule has 1 heteroatoms. The van der Waals surface area contributed by atoms with Crippen LogP contribution in [0.5, 0.6) is 5.75 Å². The molecule has 1 unspecified atom stereocenters. The zero-order valence-electron chi connectivity index (χ0n) is 12.7. The topological polar surface area (TPSA) is 9.23 Å². The molecule has 19 heavy (non-hydrogen) atoms. The second-order valence-electron chi connectivity index (χ2n) is 5.35. The predicted octanol–water partition coefficient (Wildman–Crippen LogP) is 5.77. The minimum atomic E-state index is 0.301. The van der Waals surface area contributed by atoms with Crippen molar-refractivity contribution in [1.29, 1.82) is 0 Å². The highest BCUT2D eigenvalue weighted by atomic mass is 16.5. The van der Waals surface area contributed by atoms with Gasteiger partial charge in [0.15, 0.2) is 0 Å². The first-order valence-electron chi connectivity index (χ1n) is 7.57. The van der Waals surface area contributed by atoms with E-state index in [9.17, 15) is 0 Å². The molecule has 0 N–H and O–H groups in total. The molecule has 0 aliphatic carbocycles. The molecule has 1 aromatic carbocycles. The van der Waals surface area contributed by atoms with Crippen LogP contribution in [0.2, 0.25) is 0 Å². The SMILES string of the molecule is C=Cc1ccc(OC(C)CCCCCCC)cc1C. The second-order valence-corrected chi connectivity index (χ2v) is 5.35. The summed E-state index contributed by atoms with van der Waals surface area (Å²) in [5.41, 5.74) is 2.40. The van der Waals surface area contributed by atoms with Gasteiger partial charge in [-0.05, 0) is 49.9 Å². The Morgan fingerprint density at radius 2 is 1.95 bits per heavy atom. The average Bonchev–Trinajstić information content (AvgIpc) is 2.39. The molecule has 0 saturated heterocycles. The Morgan fingerprint density at radius 3 is 2.58 bits per heavy atom.